The quantitative estimate of drug-likeness (QED) is 0.0907. The van der Waals surface area contributed by atoms with Crippen LogP contribution >= 0.6 is 0 Å². The molecule has 3 heterocycles. The van der Waals surface area contributed by atoms with Crippen molar-refractivity contribution >= 4 is 45.8 Å². The normalized spacial score (nSPS) is 15.2. The molecule has 0 atom stereocenters. The SMILES string of the molecule is [2H]c1c([2H])c([2H])c(-c2cccc(-c3c([2H])c([2H])c([2H])c([2H])c3[2H])c2[N+]2=[C-]B(c3[c-]c(Oc4[c-]c5c(cc4)c4ccccc4n5-c4cc(C(C)(C)C)ccn4)ccc3)C=C2)c([2H])c1[2H].[Pt]. The monoisotopic (exact) mass is 886 g/mol. The van der Waals surface area contributed by atoms with Gasteiger partial charge in [0.25, 0.3) is 0 Å². The Bertz CT molecular complexity index is 3140. The number of hydrogen-bond acceptors (Lipinski definition) is 2. The standard InChI is InChI=1S/C48H36BN3O.Pt/c1-48(2,3)36-26-28-50-46(30-36)52-44-23-11-10-20-42(44)43-25-24-39(32-45(43)52)53-38-19-12-18-37(31-38)49-27-29-51(33-49)47-40(34-14-6-4-7-15-34)21-13-22-41(47)35-16-8-5-9-17-35;/h4-30H,1-3H3;/q-2;/i4D,5D,6D,7D,8D,9D,14D,15D,16D,17D;. The third kappa shape index (κ3) is 6.65. The van der Waals surface area contributed by atoms with Crippen LogP contribution in [-0.4, -0.2) is 27.0 Å². The van der Waals surface area contributed by atoms with Crippen LogP contribution in [0.25, 0.3) is 49.9 Å². The van der Waals surface area contributed by atoms with Gasteiger partial charge in [-0.15, -0.1) is 35.6 Å². The van der Waals surface area contributed by atoms with Gasteiger partial charge < -0.3 is 13.9 Å². The molecule has 8 aromatic rings. The third-order valence-electron chi connectivity index (χ3n) is 9.26. The van der Waals surface area contributed by atoms with Gasteiger partial charge in [0.1, 0.15) is 11.5 Å². The Morgan fingerprint density at radius 2 is 1.43 bits per heavy atom. The summed E-state index contributed by atoms with van der Waals surface area (Å²) in [5.41, 5.74) is 3.84. The van der Waals surface area contributed by atoms with Crippen LogP contribution < -0.4 is 10.2 Å². The van der Waals surface area contributed by atoms with Crippen LogP contribution in [0.1, 0.15) is 40.0 Å². The van der Waals surface area contributed by atoms with E-state index < -0.39 is 67.1 Å². The molecule has 1 aliphatic rings. The molecule has 4 nitrogen and oxygen atoms in total. The summed E-state index contributed by atoms with van der Waals surface area (Å²) in [5.74, 6) is 3.46. The number of para-hydroxylation sites is 2. The molecular formula is C48H36BN3OPt-2. The molecule has 6 aromatic carbocycles. The molecular weight excluding hydrogens is 840 g/mol. The van der Waals surface area contributed by atoms with E-state index in [4.69, 9.17) is 23.4 Å². The number of pyridine rings is 1. The van der Waals surface area contributed by atoms with Gasteiger partial charge in [-0.3, -0.25) is 0 Å². The zero-order valence-electron chi connectivity index (χ0n) is 39.5. The second-order valence-electron chi connectivity index (χ2n) is 13.7. The third-order valence-corrected chi connectivity index (χ3v) is 9.26. The minimum absolute atomic E-state index is 0. The molecule has 0 saturated heterocycles. The van der Waals surface area contributed by atoms with E-state index in [0.29, 0.717) is 17.0 Å². The first-order chi connectivity index (χ1) is 30.0. The molecule has 54 heavy (non-hydrogen) atoms. The first kappa shape index (κ1) is 25.3. The zero-order chi connectivity index (χ0) is 44.6. The molecule has 9 rings (SSSR count). The number of nitrogens with zero attached hydrogens (tertiary/aromatic N) is 3. The van der Waals surface area contributed by atoms with Gasteiger partial charge in [0, 0.05) is 44.3 Å². The number of benzene rings is 6. The topological polar surface area (TPSA) is 30.1 Å². The first-order valence-corrected chi connectivity index (χ1v) is 17.2. The fourth-order valence-electron chi connectivity index (χ4n) is 6.70. The predicted molar refractivity (Wildman–Crippen MR) is 218 cm³/mol. The smallest absolute Gasteiger partial charge is 0.203 e. The average Bonchev–Trinajstić information content (AvgIpc) is 3.90. The van der Waals surface area contributed by atoms with E-state index in [2.05, 4.69) is 61.8 Å². The van der Waals surface area contributed by atoms with Crippen LogP contribution in [0.2, 0.25) is 0 Å². The van der Waals surface area contributed by atoms with Gasteiger partial charge in [-0.2, -0.15) is 23.7 Å². The summed E-state index contributed by atoms with van der Waals surface area (Å²) in [6, 6.07) is 28.1. The number of hydrogen-bond donors (Lipinski definition) is 0. The molecule has 0 aliphatic carbocycles. The summed E-state index contributed by atoms with van der Waals surface area (Å²) in [6.45, 7) is 5.96. The van der Waals surface area contributed by atoms with E-state index in [1.54, 1.807) is 35.0 Å². The van der Waals surface area contributed by atoms with E-state index in [0.717, 1.165) is 33.2 Å². The number of aromatic nitrogens is 2. The number of fused-ring (bicyclic) bond motifs is 3. The van der Waals surface area contributed by atoms with E-state index in [1.807, 2.05) is 54.6 Å². The maximum Gasteiger partial charge on any atom is 0.203 e. The Kier molecular flexibility index (Phi) is 6.82. The van der Waals surface area contributed by atoms with Gasteiger partial charge in [0.15, 0.2) is 0 Å². The first-order valence-electron chi connectivity index (χ1n) is 22.2. The van der Waals surface area contributed by atoms with Crippen molar-refractivity contribution in [3.05, 3.63) is 181 Å². The van der Waals surface area contributed by atoms with Crippen molar-refractivity contribution in [3.63, 3.8) is 0 Å². The van der Waals surface area contributed by atoms with Crippen LogP contribution in [0, 0.1) is 12.1 Å². The van der Waals surface area contributed by atoms with Gasteiger partial charge in [-0.1, -0.05) is 123 Å². The molecule has 0 spiro atoms. The summed E-state index contributed by atoms with van der Waals surface area (Å²) in [6.07, 6.45) is 6.90. The predicted octanol–water partition coefficient (Wildman–Crippen LogP) is 10.8. The molecule has 264 valence electrons. The summed E-state index contributed by atoms with van der Waals surface area (Å²) >= 11 is 0. The fourth-order valence-corrected chi connectivity index (χ4v) is 6.70. The van der Waals surface area contributed by atoms with E-state index >= 15 is 0 Å². The maximum absolute atomic E-state index is 8.83. The van der Waals surface area contributed by atoms with Gasteiger partial charge in [0.05, 0.1) is 26.0 Å². The Morgan fingerprint density at radius 1 is 0.741 bits per heavy atom. The molecule has 6 heteroatoms. The zero-order valence-corrected chi connectivity index (χ0v) is 31.7. The van der Waals surface area contributed by atoms with Crippen LogP contribution in [0.4, 0.5) is 5.69 Å². The summed E-state index contributed by atoms with van der Waals surface area (Å²) in [7, 11) is 0. The maximum atomic E-state index is 8.83. The Morgan fingerprint density at radius 3 is 2.15 bits per heavy atom. The fraction of sp³-hybridized carbons (Fsp3) is 0.0833. The van der Waals surface area contributed by atoms with Crippen molar-refractivity contribution in [2.45, 2.75) is 26.2 Å². The van der Waals surface area contributed by atoms with Crippen molar-refractivity contribution in [1.82, 2.24) is 9.55 Å². The molecule has 0 bridgehead atoms. The van der Waals surface area contributed by atoms with Crippen LogP contribution in [0.3, 0.4) is 0 Å². The van der Waals surface area contributed by atoms with Gasteiger partial charge >= 0.3 is 0 Å². The molecule has 1 aliphatic heterocycles. The summed E-state index contributed by atoms with van der Waals surface area (Å²) in [5, 5.41) is 2.05. The minimum Gasteiger partial charge on any atom is -0.509 e. The molecule has 0 radical (unpaired) electrons. The molecule has 2 aromatic heterocycles. The Labute approximate surface area is 345 Å². The summed E-state index contributed by atoms with van der Waals surface area (Å²) in [4.78, 5) is 4.77. The van der Waals surface area contributed by atoms with E-state index in [1.165, 1.54) is 0 Å². The Balaban J connectivity index is 0.00000560. The van der Waals surface area contributed by atoms with Gasteiger partial charge in [-0.25, -0.2) is 4.98 Å². The van der Waals surface area contributed by atoms with Crippen molar-refractivity contribution in [2.24, 2.45) is 0 Å². The van der Waals surface area contributed by atoms with Crippen molar-refractivity contribution < 1.29 is 44.1 Å². The molecule has 0 saturated carbocycles. The Hall–Kier alpha value is -5.77. The van der Waals surface area contributed by atoms with Crippen molar-refractivity contribution in [3.8, 4) is 39.6 Å². The molecule has 0 N–H and O–H groups in total. The van der Waals surface area contributed by atoms with E-state index in [9.17, 15) is 0 Å². The van der Waals surface area contributed by atoms with Gasteiger partial charge in [-0.05, 0) is 56.8 Å². The average molecular weight is 887 g/mol. The number of rotatable bonds is 7. The second-order valence-corrected chi connectivity index (χ2v) is 13.7. The van der Waals surface area contributed by atoms with Crippen molar-refractivity contribution in [2.75, 3.05) is 0 Å². The molecule has 0 unspecified atom stereocenters. The van der Waals surface area contributed by atoms with Crippen LogP contribution in [0.15, 0.2) is 164 Å². The second kappa shape index (κ2) is 14.6. The van der Waals surface area contributed by atoms with Crippen LogP contribution in [-0.2, 0) is 26.5 Å². The van der Waals surface area contributed by atoms with Gasteiger partial charge in [0.2, 0.25) is 6.71 Å². The summed E-state index contributed by atoms with van der Waals surface area (Å²) < 4.78 is 95.5. The molecule has 0 fully saturated rings. The molecule has 0 amide bonds. The van der Waals surface area contributed by atoms with Crippen LogP contribution in [0.5, 0.6) is 11.5 Å². The van der Waals surface area contributed by atoms with E-state index in [-0.39, 0.29) is 54.4 Å². The minimum atomic E-state index is -0.559. The largest absolute Gasteiger partial charge is 0.509 e. The van der Waals surface area contributed by atoms with Crippen molar-refractivity contribution in [1.29, 1.82) is 0 Å². The number of ether oxygens (including phenoxy) is 1.